The molecule has 0 atom stereocenters. The third kappa shape index (κ3) is 2.84. The highest BCUT2D eigenvalue weighted by Crippen LogP contribution is 2.34. The van der Waals surface area contributed by atoms with Crippen LogP contribution in [0.15, 0.2) is 25.3 Å². The van der Waals surface area contributed by atoms with Crippen molar-refractivity contribution in [2.24, 2.45) is 0 Å². The van der Waals surface area contributed by atoms with E-state index in [1.807, 2.05) is 6.07 Å². The molecule has 0 aliphatic heterocycles. The van der Waals surface area contributed by atoms with Crippen molar-refractivity contribution in [2.75, 3.05) is 0 Å². The summed E-state index contributed by atoms with van der Waals surface area (Å²) in [5.41, 5.74) is 1.79. The molecule has 0 saturated heterocycles. The van der Waals surface area contributed by atoms with Gasteiger partial charge in [0.25, 0.3) is 0 Å². The van der Waals surface area contributed by atoms with Crippen molar-refractivity contribution in [3.8, 4) is 0 Å². The lowest BCUT2D eigenvalue weighted by Gasteiger charge is -2.02. The van der Waals surface area contributed by atoms with E-state index < -0.39 is 0 Å². The second-order valence-electron chi connectivity index (χ2n) is 3.90. The number of allylic oxidation sites excluding steroid dienone is 2. The fourth-order valence-electron chi connectivity index (χ4n) is 1.89. The largest absolute Gasteiger partial charge is 0.289 e. The van der Waals surface area contributed by atoms with E-state index in [9.17, 15) is 4.79 Å². The lowest BCUT2D eigenvalue weighted by atomic mass is 10.0. The van der Waals surface area contributed by atoms with Gasteiger partial charge in [-0.15, -0.1) is 11.3 Å². The van der Waals surface area contributed by atoms with Gasteiger partial charge < -0.3 is 0 Å². The monoisotopic (exact) mass is 362 g/mol. The second-order valence-corrected chi connectivity index (χ2v) is 7.65. The van der Waals surface area contributed by atoms with Crippen LogP contribution >= 0.6 is 43.2 Å². The maximum Gasteiger partial charge on any atom is 0.190 e. The Morgan fingerprint density at radius 3 is 2.75 bits per heavy atom. The zero-order valence-electron chi connectivity index (χ0n) is 8.76. The van der Waals surface area contributed by atoms with Crippen LogP contribution in [-0.2, 0) is 0 Å². The van der Waals surface area contributed by atoms with Gasteiger partial charge in [-0.05, 0) is 69.2 Å². The molecular weight excluding hydrogens is 352 g/mol. The summed E-state index contributed by atoms with van der Waals surface area (Å²) >= 11 is 8.40. The van der Waals surface area contributed by atoms with Gasteiger partial charge in [-0.3, -0.25) is 4.79 Å². The summed E-state index contributed by atoms with van der Waals surface area (Å²) < 4.78 is 1.92. The van der Waals surface area contributed by atoms with Crippen molar-refractivity contribution < 1.29 is 4.79 Å². The molecule has 0 spiro atoms. The first kappa shape index (κ1) is 12.5. The molecule has 0 fully saturated rings. The highest BCUT2D eigenvalue weighted by molar-refractivity contribution is 9.12. The summed E-state index contributed by atoms with van der Waals surface area (Å²) in [5.74, 6) is 0.190. The van der Waals surface area contributed by atoms with E-state index in [0.717, 1.165) is 38.0 Å². The average molecular weight is 364 g/mol. The second kappa shape index (κ2) is 5.61. The number of ketones is 1. The number of carbonyl (C=O) groups excluding carboxylic acids is 1. The average Bonchev–Trinajstić information content (AvgIpc) is 2.49. The molecule has 1 aromatic heterocycles. The molecule has 4 heteroatoms. The third-order valence-electron chi connectivity index (χ3n) is 2.73. The van der Waals surface area contributed by atoms with Gasteiger partial charge in [0.2, 0.25) is 0 Å². The fourth-order valence-corrected chi connectivity index (χ4v) is 4.68. The number of Topliss-reactive ketones (excluding diaryl/α,β-unsaturated/α-hetero) is 1. The Balaban J connectivity index is 2.24. The van der Waals surface area contributed by atoms with Gasteiger partial charge in [0.1, 0.15) is 0 Å². The quantitative estimate of drug-likeness (QED) is 0.647. The molecule has 0 radical (unpaired) electrons. The first-order valence-electron chi connectivity index (χ1n) is 5.37. The molecule has 1 aliphatic carbocycles. The maximum absolute atomic E-state index is 12.3. The summed E-state index contributed by atoms with van der Waals surface area (Å²) in [5, 5.41) is 0. The number of rotatable bonds is 2. The highest BCUT2D eigenvalue weighted by Gasteiger charge is 2.18. The van der Waals surface area contributed by atoms with Crippen molar-refractivity contribution in [3.05, 3.63) is 30.9 Å². The number of thiophene rings is 1. The van der Waals surface area contributed by atoms with Gasteiger partial charge in [0, 0.05) is 5.56 Å². The predicted molar refractivity (Wildman–Crippen MR) is 75.2 cm³/mol. The molecule has 0 bridgehead atoms. The highest BCUT2D eigenvalue weighted by atomic mass is 79.9. The molecule has 1 heterocycles. The van der Waals surface area contributed by atoms with Crippen molar-refractivity contribution in [1.82, 2.24) is 0 Å². The lowest BCUT2D eigenvalue weighted by molar-refractivity contribution is 0.103. The Morgan fingerprint density at radius 2 is 2.06 bits per heavy atom. The third-order valence-corrected chi connectivity index (χ3v) is 5.07. The van der Waals surface area contributed by atoms with Crippen LogP contribution in [-0.4, -0.2) is 5.78 Å². The molecule has 1 nitrogen and oxygen atoms in total. The van der Waals surface area contributed by atoms with Crippen LogP contribution in [0.25, 0.3) is 0 Å². The molecule has 0 aromatic carbocycles. The van der Waals surface area contributed by atoms with Crippen molar-refractivity contribution in [2.45, 2.75) is 32.1 Å². The van der Waals surface area contributed by atoms with Gasteiger partial charge >= 0.3 is 0 Å². The standard InChI is InChI=1S/C12H12Br2OS/c13-10-7-9(12(14)16-10)11(15)8-5-3-1-2-4-6-8/h5,7H,1-4,6H2. The lowest BCUT2D eigenvalue weighted by Crippen LogP contribution is -2.02. The summed E-state index contributed by atoms with van der Waals surface area (Å²) in [7, 11) is 0. The van der Waals surface area contributed by atoms with Crippen LogP contribution in [0.4, 0.5) is 0 Å². The van der Waals surface area contributed by atoms with E-state index in [1.165, 1.54) is 12.8 Å². The molecular formula is C12H12Br2OS. The van der Waals surface area contributed by atoms with E-state index in [4.69, 9.17) is 0 Å². The summed E-state index contributed by atoms with van der Waals surface area (Å²) in [6.07, 6.45) is 7.68. The van der Waals surface area contributed by atoms with Gasteiger partial charge in [0.15, 0.2) is 5.78 Å². The van der Waals surface area contributed by atoms with E-state index >= 15 is 0 Å². The molecule has 0 N–H and O–H groups in total. The van der Waals surface area contributed by atoms with Gasteiger partial charge in [-0.2, -0.15) is 0 Å². The van der Waals surface area contributed by atoms with Crippen molar-refractivity contribution >= 4 is 49.0 Å². The van der Waals surface area contributed by atoms with Crippen LogP contribution in [0.1, 0.15) is 42.5 Å². The van der Waals surface area contributed by atoms with Crippen LogP contribution < -0.4 is 0 Å². The molecule has 1 aromatic rings. The molecule has 0 unspecified atom stereocenters. The minimum Gasteiger partial charge on any atom is -0.289 e. The van der Waals surface area contributed by atoms with Gasteiger partial charge in [-0.25, -0.2) is 0 Å². The Hall–Kier alpha value is 0.0700. The summed E-state index contributed by atoms with van der Waals surface area (Å²) in [6.45, 7) is 0. The first-order valence-corrected chi connectivity index (χ1v) is 7.77. The number of hydrogen-bond acceptors (Lipinski definition) is 2. The van der Waals surface area contributed by atoms with E-state index in [-0.39, 0.29) is 5.78 Å². The normalized spacial score (nSPS) is 16.8. The van der Waals surface area contributed by atoms with E-state index in [1.54, 1.807) is 11.3 Å². The zero-order valence-corrected chi connectivity index (χ0v) is 12.8. The predicted octanol–water partition coefficient (Wildman–Crippen LogP) is 5.35. The van der Waals surface area contributed by atoms with Crippen LogP contribution in [0, 0.1) is 0 Å². The molecule has 86 valence electrons. The number of carbonyl (C=O) groups is 1. The van der Waals surface area contributed by atoms with Crippen LogP contribution in [0.5, 0.6) is 0 Å². The number of hydrogen-bond donors (Lipinski definition) is 0. The molecule has 0 amide bonds. The van der Waals surface area contributed by atoms with Crippen molar-refractivity contribution in [3.63, 3.8) is 0 Å². The molecule has 0 saturated carbocycles. The van der Waals surface area contributed by atoms with Gasteiger partial charge in [0.05, 0.1) is 7.57 Å². The number of halogens is 2. The SMILES string of the molecule is O=C(C1=CCCCCC1)c1cc(Br)sc1Br. The smallest absolute Gasteiger partial charge is 0.190 e. The Labute approximate surface area is 116 Å². The Bertz CT molecular complexity index is 434. The van der Waals surface area contributed by atoms with Crippen molar-refractivity contribution in [1.29, 1.82) is 0 Å². The summed E-state index contributed by atoms with van der Waals surface area (Å²) in [4.78, 5) is 12.3. The minimum absolute atomic E-state index is 0.190. The molecule has 2 rings (SSSR count). The summed E-state index contributed by atoms with van der Waals surface area (Å²) in [6, 6.07) is 1.91. The van der Waals surface area contributed by atoms with E-state index in [2.05, 4.69) is 37.9 Å². The Kier molecular flexibility index (Phi) is 4.39. The van der Waals surface area contributed by atoms with E-state index in [0.29, 0.717) is 0 Å². The Morgan fingerprint density at radius 1 is 1.25 bits per heavy atom. The van der Waals surface area contributed by atoms with Gasteiger partial charge in [-0.1, -0.05) is 12.5 Å². The first-order chi connectivity index (χ1) is 7.68. The zero-order chi connectivity index (χ0) is 11.5. The van der Waals surface area contributed by atoms with Crippen LogP contribution in [0.2, 0.25) is 0 Å². The molecule has 16 heavy (non-hydrogen) atoms. The minimum atomic E-state index is 0.190. The fraction of sp³-hybridized carbons (Fsp3) is 0.417. The van der Waals surface area contributed by atoms with Crippen LogP contribution in [0.3, 0.4) is 0 Å². The molecule has 1 aliphatic rings. The topological polar surface area (TPSA) is 17.1 Å². The maximum atomic E-state index is 12.3.